The maximum Gasteiger partial charge on any atom is 0.312 e. The molecule has 1 atom stereocenters. The minimum Gasteiger partial charge on any atom is -0.481 e. The highest BCUT2D eigenvalue weighted by Gasteiger charge is 2.34. The molecule has 0 heterocycles. The molecule has 0 amide bonds. The van der Waals surface area contributed by atoms with E-state index in [-0.39, 0.29) is 6.61 Å². The second-order valence-corrected chi connectivity index (χ2v) is 2.64. The van der Waals surface area contributed by atoms with Crippen LogP contribution in [0.1, 0.15) is 19.8 Å². The maximum absolute atomic E-state index is 10.7. The summed E-state index contributed by atoms with van der Waals surface area (Å²) in [5.74, 6) is -0.965. The Hall–Kier alpha value is -0.610. The third-order valence-corrected chi connectivity index (χ3v) is 2.06. The Kier molecular flexibility index (Phi) is 4.07. The average Bonchev–Trinajstić information content (AvgIpc) is 2.00. The highest BCUT2D eigenvalue weighted by molar-refractivity contribution is 5.74. The molecule has 0 aliphatic carbocycles. The number of hydrogen-bond acceptors (Lipinski definition) is 3. The zero-order chi connectivity index (χ0) is 8.91. The number of carbonyl (C=O) groups is 1. The zero-order valence-corrected chi connectivity index (χ0v) is 6.71. The Labute approximate surface area is 66.0 Å². The maximum atomic E-state index is 10.7. The highest BCUT2D eigenvalue weighted by Crippen LogP contribution is 2.25. The van der Waals surface area contributed by atoms with Crippen LogP contribution in [-0.4, -0.2) is 29.3 Å². The average molecular weight is 161 g/mol. The van der Waals surface area contributed by atoms with Gasteiger partial charge in [-0.05, 0) is 19.4 Å². The SMILES string of the molecule is CCC(CO)(CCN)C(=O)O. The van der Waals surface area contributed by atoms with E-state index in [0.29, 0.717) is 19.4 Å². The van der Waals surface area contributed by atoms with Crippen molar-refractivity contribution in [2.45, 2.75) is 19.8 Å². The van der Waals surface area contributed by atoms with Gasteiger partial charge < -0.3 is 15.9 Å². The first kappa shape index (κ1) is 10.4. The Morgan fingerprint density at radius 2 is 2.18 bits per heavy atom. The smallest absolute Gasteiger partial charge is 0.312 e. The van der Waals surface area contributed by atoms with Crippen molar-refractivity contribution in [1.29, 1.82) is 0 Å². The van der Waals surface area contributed by atoms with Crippen molar-refractivity contribution in [2.24, 2.45) is 11.1 Å². The van der Waals surface area contributed by atoms with Crippen LogP contribution in [0.4, 0.5) is 0 Å². The molecular formula is C7H15NO3. The number of nitrogens with two attached hydrogens (primary N) is 1. The molecule has 0 saturated heterocycles. The predicted molar refractivity (Wildman–Crippen MR) is 41.1 cm³/mol. The summed E-state index contributed by atoms with van der Waals surface area (Å²) in [5.41, 5.74) is 4.21. The van der Waals surface area contributed by atoms with E-state index in [1.54, 1.807) is 6.92 Å². The Morgan fingerprint density at radius 1 is 1.64 bits per heavy atom. The fourth-order valence-electron chi connectivity index (χ4n) is 0.970. The summed E-state index contributed by atoms with van der Waals surface area (Å²) >= 11 is 0. The van der Waals surface area contributed by atoms with Crippen molar-refractivity contribution in [1.82, 2.24) is 0 Å². The molecule has 0 radical (unpaired) electrons. The van der Waals surface area contributed by atoms with Crippen LogP contribution in [0.3, 0.4) is 0 Å². The van der Waals surface area contributed by atoms with Gasteiger partial charge in [0.1, 0.15) is 0 Å². The van der Waals surface area contributed by atoms with Gasteiger partial charge in [0.05, 0.1) is 12.0 Å². The minimum absolute atomic E-state index is 0.292. The highest BCUT2D eigenvalue weighted by atomic mass is 16.4. The fraction of sp³-hybridized carbons (Fsp3) is 0.857. The molecule has 66 valence electrons. The molecule has 0 rings (SSSR count). The Balaban J connectivity index is 4.32. The fourth-order valence-corrected chi connectivity index (χ4v) is 0.970. The van der Waals surface area contributed by atoms with Gasteiger partial charge in [0, 0.05) is 0 Å². The van der Waals surface area contributed by atoms with Crippen LogP contribution < -0.4 is 5.73 Å². The number of aliphatic hydroxyl groups excluding tert-OH is 1. The molecule has 0 spiro atoms. The van der Waals surface area contributed by atoms with E-state index in [9.17, 15) is 4.79 Å². The van der Waals surface area contributed by atoms with Gasteiger partial charge in [-0.1, -0.05) is 6.92 Å². The van der Waals surface area contributed by atoms with E-state index in [1.165, 1.54) is 0 Å². The Morgan fingerprint density at radius 3 is 2.27 bits per heavy atom. The molecular weight excluding hydrogens is 146 g/mol. The van der Waals surface area contributed by atoms with Crippen LogP contribution in [0.15, 0.2) is 0 Å². The minimum atomic E-state index is -1.02. The van der Waals surface area contributed by atoms with Gasteiger partial charge >= 0.3 is 5.97 Å². The van der Waals surface area contributed by atoms with Crippen LogP contribution in [0, 0.1) is 5.41 Å². The number of carboxylic acid groups (broad SMARTS) is 1. The summed E-state index contributed by atoms with van der Waals surface area (Å²) in [6.45, 7) is 1.69. The molecule has 0 bridgehead atoms. The van der Waals surface area contributed by atoms with Crippen LogP contribution in [0.25, 0.3) is 0 Å². The van der Waals surface area contributed by atoms with Crippen molar-refractivity contribution >= 4 is 5.97 Å². The molecule has 0 aliphatic rings. The number of rotatable bonds is 5. The van der Waals surface area contributed by atoms with Gasteiger partial charge in [-0.3, -0.25) is 4.79 Å². The Bertz CT molecular complexity index is 132. The monoisotopic (exact) mass is 161 g/mol. The van der Waals surface area contributed by atoms with E-state index in [1.807, 2.05) is 0 Å². The molecule has 0 aromatic rings. The van der Waals surface area contributed by atoms with Gasteiger partial charge in [-0.25, -0.2) is 0 Å². The molecule has 0 aromatic heterocycles. The summed E-state index contributed by atoms with van der Waals surface area (Å²) in [6, 6.07) is 0. The molecule has 0 aliphatic heterocycles. The summed E-state index contributed by atoms with van der Waals surface area (Å²) in [6.07, 6.45) is 0.741. The van der Waals surface area contributed by atoms with Gasteiger partial charge in [-0.2, -0.15) is 0 Å². The molecule has 1 unspecified atom stereocenters. The zero-order valence-electron chi connectivity index (χ0n) is 6.71. The van der Waals surface area contributed by atoms with Crippen molar-refractivity contribution in [3.05, 3.63) is 0 Å². The predicted octanol–water partition coefficient (Wildman–Crippen LogP) is -0.192. The van der Waals surface area contributed by atoms with E-state index in [4.69, 9.17) is 15.9 Å². The first-order chi connectivity index (χ1) is 5.13. The molecule has 4 N–H and O–H groups in total. The molecule has 4 heteroatoms. The second-order valence-electron chi connectivity index (χ2n) is 2.64. The quantitative estimate of drug-likeness (QED) is 0.521. The lowest BCUT2D eigenvalue weighted by Gasteiger charge is -2.24. The summed E-state index contributed by atoms with van der Waals surface area (Å²) in [4.78, 5) is 10.7. The topological polar surface area (TPSA) is 83.5 Å². The normalized spacial score (nSPS) is 15.9. The summed E-state index contributed by atoms with van der Waals surface area (Å²) in [7, 11) is 0. The van der Waals surface area contributed by atoms with E-state index in [0.717, 1.165) is 0 Å². The van der Waals surface area contributed by atoms with Crippen molar-refractivity contribution in [2.75, 3.05) is 13.2 Å². The van der Waals surface area contributed by atoms with Crippen LogP contribution in [0.2, 0.25) is 0 Å². The van der Waals surface area contributed by atoms with Crippen molar-refractivity contribution in [3.63, 3.8) is 0 Å². The summed E-state index contributed by atoms with van der Waals surface area (Å²) in [5, 5.41) is 17.6. The largest absolute Gasteiger partial charge is 0.481 e. The lowest BCUT2D eigenvalue weighted by Crippen LogP contribution is -2.36. The van der Waals surface area contributed by atoms with E-state index < -0.39 is 11.4 Å². The number of hydrogen-bond donors (Lipinski definition) is 3. The van der Waals surface area contributed by atoms with Gasteiger partial charge in [0.25, 0.3) is 0 Å². The van der Waals surface area contributed by atoms with Crippen molar-refractivity contribution < 1.29 is 15.0 Å². The van der Waals surface area contributed by atoms with Crippen LogP contribution in [-0.2, 0) is 4.79 Å². The van der Waals surface area contributed by atoms with Crippen LogP contribution in [0.5, 0.6) is 0 Å². The third-order valence-electron chi connectivity index (χ3n) is 2.06. The molecule has 0 saturated carbocycles. The lowest BCUT2D eigenvalue weighted by molar-refractivity contribution is -0.152. The second kappa shape index (κ2) is 4.31. The van der Waals surface area contributed by atoms with Gasteiger partial charge in [0.2, 0.25) is 0 Å². The van der Waals surface area contributed by atoms with Crippen molar-refractivity contribution in [3.8, 4) is 0 Å². The number of carboxylic acids is 1. The number of aliphatic hydroxyl groups is 1. The molecule has 0 fully saturated rings. The lowest BCUT2D eigenvalue weighted by atomic mass is 9.83. The molecule has 11 heavy (non-hydrogen) atoms. The molecule has 4 nitrogen and oxygen atoms in total. The van der Waals surface area contributed by atoms with E-state index >= 15 is 0 Å². The standard InChI is InChI=1S/C7H15NO3/c1-2-7(5-9,3-4-8)6(10)11/h9H,2-5,8H2,1H3,(H,10,11). The molecule has 0 aromatic carbocycles. The van der Waals surface area contributed by atoms with Gasteiger partial charge in [0.15, 0.2) is 0 Å². The van der Waals surface area contributed by atoms with Crippen LogP contribution >= 0.6 is 0 Å². The first-order valence-corrected chi connectivity index (χ1v) is 3.67. The number of aliphatic carboxylic acids is 1. The van der Waals surface area contributed by atoms with Gasteiger partial charge in [-0.15, -0.1) is 0 Å². The first-order valence-electron chi connectivity index (χ1n) is 3.67. The summed E-state index contributed by atoms with van der Waals surface area (Å²) < 4.78 is 0. The third kappa shape index (κ3) is 2.17. The van der Waals surface area contributed by atoms with E-state index in [2.05, 4.69) is 0 Å².